The molecule has 2 aromatic heterocycles. The van der Waals surface area contributed by atoms with Gasteiger partial charge in [-0.2, -0.15) is 0 Å². The minimum atomic E-state index is -0.253. The third kappa shape index (κ3) is 2.14. The number of pyridine rings is 1. The van der Waals surface area contributed by atoms with Crippen molar-refractivity contribution in [2.45, 2.75) is 0 Å². The lowest BCUT2D eigenvalue weighted by Gasteiger charge is -2.03. The van der Waals surface area contributed by atoms with E-state index in [0.29, 0.717) is 5.69 Å². The highest BCUT2D eigenvalue weighted by Gasteiger charge is 1.99. The van der Waals surface area contributed by atoms with Gasteiger partial charge in [-0.1, -0.05) is 6.58 Å². The SMILES string of the molecule is C=CC(=O)Nc1ccc(-n2ccnc2)nc1. The van der Waals surface area contributed by atoms with Gasteiger partial charge < -0.3 is 5.32 Å². The summed E-state index contributed by atoms with van der Waals surface area (Å²) in [5, 5.41) is 2.62. The molecule has 0 saturated carbocycles. The molecule has 0 fully saturated rings. The van der Waals surface area contributed by atoms with Crippen LogP contribution in [0, 0.1) is 0 Å². The number of hydrogen-bond acceptors (Lipinski definition) is 3. The molecule has 0 aliphatic rings. The number of hydrogen-bond donors (Lipinski definition) is 1. The van der Waals surface area contributed by atoms with Gasteiger partial charge in [0.15, 0.2) is 0 Å². The molecule has 0 aliphatic carbocycles. The van der Waals surface area contributed by atoms with Gasteiger partial charge in [0.25, 0.3) is 0 Å². The van der Waals surface area contributed by atoms with Crippen molar-refractivity contribution in [3.05, 3.63) is 49.7 Å². The Morgan fingerprint density at radius 2 is 2.38 bits per heavy atom. The Hall–Kier alpha value is -2.43. The second-order valence-corrected chi connectivity index (χ2v) is 3.07. The monoisotopic (exact) mass is 214 g/mol. The molecule has 0 spiro atoms. The van der Waals surface area contributed by atoms with Crippen LogP contribution in [0.25, 0.3) is 5.82 Å². The van der Waals surface area contributed by atoms with Crippen molar-refractivity contribution in [2.24, 2.45) is 0 Å². The highest BCUT2D eigenvalue weighted by Crippen LogP contribution is 2.09. The Morgan fingerprint density at radius 1 is 1.50 bits per heavy atom. The van der Waals surface area contributed by atoms with Gasteiger partial charge in [-0.15, -0.1) is 0 Å². The van der Waals surface area contributed by atoms with Crippen molar-refractivity contribution in [2.75, 3.05) is 5.32 Å². The van der Waals surface area contributed by atoms with Gasteiger partial charge in [0, 0.05) is 12.4 Å². The smallest absolute Gasteiger partial charge is 0.247 e. The maximum absolute atomic E-state index is 11.0. The first kappa shape index (κ1) is 10.1. The van der Waals surface area contributed by atoms with E-state index in [4.69, 9.17) is 0 Å². The molecule has 1 N–H and O–H groups in total. The number of amides is 1. The van der Waals surface area contributed by atoms with Crippen molar-refractivity contribution in [1.29, 1.82) is 0 Å². The Bertz CT molecular complexity index is 487. The van der Waals surface area contributed by atoms with Gasteiger partial charge in [0.1, 0.15) is 12.1 Å². The molecule has 0 saturated heterocycles. The molecule has 0 atom stereocenters. The first-order valence-electron chi connectivity index (χ1n) is 4.67. The molecular weight excluding hydrogens is 204 g/mol. The number of nitrogens with zero attached hydrogens (tertiary/aromatic N) is 3. The van der Waals surface area contributed by atoms with Crippen molar-refractivity contribution < 1.29 is 4.79 Å². The quantitative estimate of drug-likeness (QED) is 0.785. The predicted octanol–water partition coefficient (Wildman–Crippen LogP) is 1.39. The zero-order chi connectivity index (χ0) is 11.4. The Morgan fingerprint density at radius 3 is 2.94 bits per heavy atom. The van der Waals surface area contributed by atoms with E-state index in [1.165, 1.54) is 6.08 Å². The van der Waals surface area contributed by atoms with Crippen molar-refractivity contribution in [3.63, 3.8) is 0 Å². The highest BCUT2D eigenvalue weighted by atomic mass is 16.1. The number of carbonyl (C=O) groups is 1. The third-order valence-corrected chi connectivity index (χ3v) is 1.97. The standard InChI is InChI=1S/C11H10N4O/c1-2-11(16)14-9-3-4-10(13-7-9)15-6-5-12-8-15/h2-8H,1H2,(H,14,16). The fourth-order valence-corrected chi connectivity index (χ4v) is 1.20. The van der Waals surface area contributed by atoms with Gasteiger partial charge in [-0.25, -0.2) is 9.97 Å². The van der Waals surface area contributed by atoms with Crippen LogP contribution in [0.3, 0.4) is 0 Å². The summed E-state index contributed by atoms with van der Waals surface area (Å²) in [6, 6.07) is 3.56. The average molecular weight is 214 g/mol. The van der Waals surface area contributed by atoms with Crippen LogP contribution >= 0.6 is 0 Å². The van der Waals surface area contributed by atoms with Gasteiger partial charge in [-0.05, 0) is 18.2 Å². The summed E-state index contributed by atoms with van der Waals surface area (Å²) in [7, 11) is 0. The maximum atomic E-state index is 11.0. The van der Waals surface area contributed by atoms with Gasteiger partial charge in [0.05, 0.1) is 11.9 Å². The van der Waals surface area contributed by atoms with Crippen LogP contribution in [0.2, 0.25) is 0 Å². The molecule has 0 aromatic carbocycles. The number of nitrogens with one attached hydrogen (secondary N) is 1. The summed E-state index contributed by atoms with van der Waals surface area (Å²) in [5.74, 6) is 0.492. The molecule has 0 aliphatic heterocycles. The lowest BCUT2D eigenvalue weighted by atomic mass is 10.4. The number of rotatable bonds is 3. The first-order chi connectivity index (χ1) is 7.79. The predicted molar refractivity (Wildman–Crippen MR) is 60.2 cm³/mol. The lowest BCUT2D eigenvalue weighted by Crippen LogP contribution is -2.07. The van der Waals surface area contributed by atoms with E-state index in [0.717, 1.165) is 5.82 Å². The minimum Gasteiger partial charge on any atom is -0.321 e. The fraction of sp³-hybridized carbons (Fsp3) is 0. The number of anilines is 1. The molecule has 5 nitrogen and oxygen atoms in total. The van der Waals surface area contributed by atoms with E-state index < -0.39 is 0 Å². The summed E-state index contributed by atoms with van der Waals surface area (Å²) < 4.78 is 1.78. The maximum Gasteiger partial charge on any atom is 0.247 e. The third-order valence-electron chi connectivity index (χ3n) is 1.97. The molecule has 5 heteroatoms. The van der Waals surface area contributed by atoms with Crippen LogP contribution in [0.1, 0.15) is 0 Å². The van der Waals surface area contributed by atoms with Crippen molar-refractivity contribution >= 4 is 11.6 Å². The summed E-state index contributed by atoms with van der Waals surface area (Å²) in [6.07, 6.45) is 7.92. The zero-order valence-electron chi connectivity index (χ0n) is 8.50. The Labute approximate surface area is 92.5 Å². The van der Waals surface area contributed by atoms with E-state index in [1.807, 2.05) is 0 Å². The largest absolute Gasteiger partial charge is 0.321 e. The Balaban J connectivity index is 2.17. The van der Waals surface area contributed by atoms with E-state index in [2.05, 4.69) is 21.9 Å². The summed E-state index contributed by atoms with van der Waals surface area (Å²) in [4.78, 5) is 19.1. The van der Waals surface area contributed by atoms with E-state index in [1.54, 1.807) is 41.6 Å². The second kappa shape index (κ2) is 4.39. The minimum absolute atomic E-state index is 0.253. The van der Waals surface area contributed by atoms with Crippen LogP contribution in [-0.4, -0.2) is 20.4 Å². The van der Waals surface area contributed by atoms with Crippen LogP contribution < -0.4 is 5.32 Å². The van der Waals surface area contributed by atoms with Crippen LogP contribution in [0.4, 0.5) is 5.69 Å². The molecule has 2 rings (SSSR count). The lowest BCUT2D eigenvalue weighted by molar-refractivity contribution is -0.111. The summed E-state index contributed by atoms with van der Waals surface area (Å²) in [6.45, 7) is 3.37. The average Bonchev–Trinajstić information content (AvgIpc) is 2.83. The van der Waals surface area contributed by atoms with Crippen LogP contribution in [0.5, 0.6) is 0 Å². The highest BCUT2D eigenvalue weighted by molar-refractivity contribution is 5.98. The zero-order valence-corrected chi connectivity index (χ0v) is 8.50. The molecule has 0 unspecified atom stereocenters. The van der Waals surface area contributed by atoms with Gasteiger partial charge >= 0.3 is 0 Å². The number of aromatic nitrogens is 3. The number of imidazole rings is 1. The van der Waals surface area contributed by atoms with E-state index in [-0.39, 0.29) is 5.91 Å². The molecule has 0 radical (unpaired) electrons. The molecular formula is C11H10N4O. The molecule has 80 valence electrons. The number of carbonyl (C=O) groups excluding carboxylic acids is 1. The molecule has 2 heterocycles. The van der Waals surface area contributed by atoms with Gasteiger partial charge in [-0.3, -0.25) is 9.36 Å². The Kier molecular flexibility index (Phi) is 2.77. The van der Waals surface area contributed by atoms with Crippen molar-refractivity contribution in [1.82, 2.24) is 14.5 Å². The summed E-state index contributed by atoms with van der Waals surface area (Å²) in [5.41, 5.74) is 0.633. The fourth-order valence-electron chi connectivity index (χ4n) is 1.20. The second-order valence-electron chi connectivity index (χ2n) is 3.07. The van der Waals surface area contributed by atoms with Crippen LogP contribution in [-0.2, 0) is 4.79 Å². The van der Waals surface area contributed by atoms with E-state index >= 15 is 0 Å². The summed E-state index contributed by atoms with van der Waals surface area (Å²) >= 11 is 0. The van der Waals surface area contributed by atoms with Gasteiger partial charge in [0.2, 0.25) is 5.91 Å². The van der Waals surface area contributed by atoms with Crippen LogP contribution in [0.15, 0.2) is 49.7 Å². The normalized spacial score (nSPS) is 9.75. The van der Waals surface area contributed by atoms with E-state index in [9.17, 15) is 4.79 Å². The molecule has 16 heavy (non-hydrogen) atoms. The molecule has 1 amide bonds. The first-order valence-corrected chi connectivity index (χ1v) is 4.67. The molecule has 2 aromatic rings. The topological polar surface area (TPSA) is 59.8 Å². The molecule has 0 bridgehead atoms. The van der Waals surface area contributed by atoms with Crippen molar-refractivity contribution in [3.8, 4) is 5.82 Å².